The van der Waals surface area contributed by atoms with Crippen molar-refractivity contribution in [1.29, 1.82) is 0 Å². The number of rotatable bonds is 4. The van der Waals surface area contributed by atoms with E-state index in [-0.39, 0.29) is 24.2 Å². The molecule has 0 spiro atoms. The van der Waals surface area contributed by atoms with Gasteiger partial charge in [0.25, 0.3) is 5.91 Å². The van der Waals surface area contributed by atoms with Gasteiger partial charge in [0.2, 0.25) is 0 Å². The van der Waals surface area contributed by atoms with Crippen molar-refractivity contribution in [2.45, 2.75) is 13.8 Å². The molecule has 1 atom stereocenters. The maximum absolute atomic E-state index is 11.7. The van der Waals surface area contributed by atoms with Gasteiger partial charge < -0.3 is 15.5 Å². The molecular weight excluding hydrogens is 206 g/mol. The summed E-state index contributed by atoms with van der Waals surface area (Å²) in [5.74, 6) is 0.0332. The predicted octanol–water partition coefficient (Wildman–Crippen LogP) is 1.06. The van der Waals surface area contributed by atoms with E-state index < -0.39 is 0 Å². The van der Waals surface area contributed by atoms with E-state index >= 15 is 0 Å². The van der Waals surface area contributed by atoms with Crippen molar-refractivity contribution in [2.75, 3.05) is 13.2 Å². The van der Waals surface area contributed by atoms with Gasteiger partial charge >= 0.3 is 0 Å². The average Bonchev–Trinajstić information content (AvgIpc) is 2.29. The van der Waals surface area contributed by atoms with Crippen LogP contribution >= 0.6 is 0 Å². The molecule has 0 saturated heterocycles. The van der Waals surface area contributed by atoms with E-state index in [0.717, 1.165) is 0 Å². The van der Waals surface area contributed by atoms with Gasteiger partial charge in [0.15, 0.2) is 0 Å². The van der Waals surface area contributed by atoms with Gasteiger partial charge in [0.05, 0.1) is 0 Å². The standard InChI is InChI=1S/C12H17NO3/c1-8(7-14)6-13-12(16)10-3-4-11(15)9(2)5-10/h3-5,8,14-15H,6-7H2,1-2H3,(H,13,16). The summed E-state index contributed by atoms with van der Waals surface area (Å²) in [6.45, 7) is 4.08. The molecule has 0 aromatic heterocycles. The molecule has 1 aromatic rings. The van der Waals surface area contributed by atoms with E-state index in [2.05, 4.69) is 5.32 Å². The summed E-state index contributed by atoms with van der Waals surface area (Å²) in [6, 6.07) is 4.70. The minimum atomic E-state index is -0.191. The first kappa shape index (κ1) is 12.5. The lowest BCUT2D eigenvalue weighted by Crippen LogP contribution is -2.29. The highest BCUT2D eigenvalue weighted by Crippen LogP contribution is 2.16. The largest absolute Gasteiger partial charge is 0.508 e. The summed E-state index contributed by atoms with van der Waals surface area (Å²) in [7, 11) is 0. The van der Waals surface area contributed by atoms with Gasteiger partial charge in [0, 0.05) is 18.7 Å². The van der Waals surface area contributed by atoms with E-state index in [9.17, 15) is 9.90 Å². The lowest BCUT2D eigenvalue weighted by atomic mass is 10.1. The highest BCUT2D eigenvalue weighted by molar-refractivity contribution is 5.94. The highest BCUT2D eigenvalue weighted by atomic mass is 16.3. The Hall–Kier alpha value is -1.55. The van der Waals surface area contributed by atoms with Crippen LogP contribution < -0.4 is 5.32 Å². The van der Waals surface area contributed by atoms with Gasteiger partial charge in [-0.05, 0) is 36.6 Å². The highest BCUT2D eigenvalue weighted by Gasteiger charge is 2.08. The van der Waals surface area contributed by atoms with Crippen molar-refractivity contribution in [2.24, 2.45) is 5.92 Å². The average molecular weight is 223 g/mol. The van der Waals surface area contributed by atoms with Crippen molar-refractivity contribution >= 4 is 5.91 Å². The topological polar surface area (TPSA) is 69.6 Å². The van der Waals surface area contributed by atoms with E-state index in [1.54, 1.807) is 19.1 Å². The van der Waals surface area contributed by atoms with E-state index in [0.29, 0.717) is 17.7 Å². The minimum absolute atomic E-state index is 0.0437. The molecule has 0 fully saturated rings. The molecule has 88 valence electrons. The van der Waals surface area contributed by atoms with Crippen molar-refractivity contribution in [3.05, 3.63) is 29.3 Å². The number of hydrogen-bond donors (Lipinski definition) is 3. The Morgan fingerprint density at radius 2 is 2.19 bits per heavy atom. The number of nitrogens with one attached hydrogen (secondary N) is 1. The minimum Gasteiger partial charge on any atom is -0.508 e. The smallest absolute Gasteiger partial charge is 0.251 e. The predicted molar refractivity (Wildman–Crippen MR) is 61.4 cm³/mol. The van der Waals surface area contributed by atoms with Gasteiger partial charge in [-0.2, -0.15) is 0 Å². The number of benzene rings is 1. The van der Waals surface area contributed by atoms with Gasteiger partial charge in [-0.15, -0.1) is 0 Å². The number of aryl methyl sites for hydroxylation is 1. The molecule has 3 N–H and O–H groups in total. The summed E-state index contributed by atoms with van der Waals surface area (Å²) < 4.78 is 0. The Balaban J connectivity index is 2.63. The number of carbonyl (C=O) groups is 1. The molecule has 1 unspecified atom stereocenters. The van der Waals surface area contributed by atoms with Gasteiger partial charge in [-0.25, -0.2) is 0 Å². The zero-order chi connectivity index (χ0) is 12.1. The number of phenolic OH excluding ortho intramolecular Hbond substituents is 1. The molecule has 0 radical (unpaired) electrons. The number of carbonyl (C=O) groups excluding carboxylic acids is 1. The van der Waals surface area contributed by atoms with Crippen molar-refractivity contribution in [1.82, 2.24) is 5.32 Å². The molecular formula is C12H17NO3. The fourth-order valence-corrected chi connectivity index (χ4v) is 1.23. The van der Waals surface area contributed by atoms with Gasteiger partial charge in [0.1, 0.15) is 5.75 Å². The van der Waals surface area contributed by atoms with E-state index in [4.69, 9.17) is 5.11 Å². The molecule has 0 aliphatic carbocycles. The van der Waals surface area contributed by atoms with Crippen LogP contribution in [-0.4, -0.2) is 29.3 Å². The second kappa shape index (κ2) is 5.51. The number of phenols is 1. The summed E-state index contributed by atoms with van der Waals surface area (Å²) in [4.78, 5) is 11.7. The normalized spacial score (nSPS) is 12.2. The van der Waals surface area contributed by atoms with Crippen molar-refractivity contribution in [3.63, 3.8) is 0 Å². The van der Waals surface area contributed by atoms with Crippen LogP contribution in [-0.2, 0) is 0 Å². The van der Waals surface area contributed by atoms with Crippen LogP contribution in [0.4, 0.5) is 0 Å². The SMILES string of the molecule is Cc1cc(C(=O)NCC(C)CO)ccc1O. The summed E-state index contributed by atoms with van der Waals surface area (Å²) in [5, 5.41) is 20.8. The molecule has 0 bridgehead atoms. The number of aromatic hydroxyl groups is 1. The summed E-state index contributed by atoms with van der Waals surface area (Å²) in [5.41, 5.74) is 1.18. The van der Waals surface area contributed by atoms with Crippen molar-refractivity contribution in [3.8, 4) is 5.75 Å². The first-order valence-corrected chi connectivity index (χ1v) is 5.23. The second-order valence-corrected chi connectivity index (χ2v) is 4.00. The van der Waals surface area contributed by atoms with Crippen LogP contribution in [0.5, 0.6) is 5.75 Å². The Labute approximate surface area is 94.9 Å². The van der Waals surface area contributed by atoms with Gasteiger partial charge in [-0.3, -0.25) is 4.79 Å². The van der Waals surface area contributed by atoms with Crippen LogP contribution in [0.25, 0.3) is 0 Å². The number of hydrogen-bond acceptors (Lipinski definition) is 3. The zero-order valence-electron chi connectivity index (χ0n) is 9.53. The van der Waals surface area contributed by atoms with Crippen molar-refractivity contribution < 1.29 is 15.0 Å². The Bertz CT molecular complexity index is 377. The molecule has 0 aliphatic heterocycles. The van der Waals surface area contributed by atoms with Crippen LogP contribution in [0.3, 0.4) is 0 Å². The molecule has 4 heteroatoms. The van der Waals surface area contributed by atoms with Crippen LogP contribution in [0.15, 0.2) is 18.2 Å². The Morgan fingerprint density at radius 1 is 1.50 bits per heavy atom. The molecule has 0 heterocycles. The molecule has 4 nitrogen and oxygen atoms in total. The monoisotopic (exact) mass is 223 g/mol. The lowest BCUT2D eigenvalue weighted by molar-refractivity contribution is 0.0942. The third kappa shape index (κ3) is 3.24. The van der Waals surface area contributed by atoms with E-state index in [1.165, 1.54) is 6.07 Å². The number of aliphatic hydroxyl groups is 1. The second-order valence-electron chi connectivity index (χ2n) is 4.00. The lowest BCUT2D eigenvalue weighted by Gasteiger charge is -2.10. The first-order valence-electron chi connectivity index (χ1n) is 5.23. The maximum Gasteiger partial charge on any atom is 0.251 e. The fourth-order valence-electron chi connectivity index (χ4n) is 1.23. The van der Waals surface area contributed by atoms with Crippen LogP contribution in [0.1, 0.15) is 22.8 Å². The quantitative estimate of drug-likeness (QED) is 0.714. The van der Waals surface area contributed by atoms with Crippen LogP contribution in [0.2, 0.25) is 0 Å². The molecule has 1 rings (SSSR count). The van der Waals surface area contributed by atoms with Crippen LogP contribution in [0, 0.1) is 12.8 Å². The molecule has 0 aliphatic rings. The number of aliphatic hydroxyl groups excluding tert-OH is 1. The van der Waals surface area contributed by atoms with E-state index in [1.807, 2.05) is 6.92 Å². The fraction of sp³-hybridized carbons (Fsp3) is 0.417. The molecule has 0 saturated carbocycles. The third-order valence-corrected chi connectivity index (χ3v) is 2.38. The van der Waals surface area contributed by atoms with Gasteiger partial charge in [-0.1, -0.05) is 6.92 Å². The summed E-state index contributed by atoms with van der Waals surface area (Å²) in [6.07, 6.45) is 0. The first-order chi connectivity index (χ1) is 7.54. The summed E-state index contributed by atoms with van der Waals surface area (Å²) >= 11 is 0. The number of amides is 1. The molecule has 16 heavy (non-hydrogen) atoms. The maximum atomic E-state index is 11.7. The Morgan fingerprint density at radius 3 is 2.75 bits per heavy atom. The Kier molecular flexibility index (Phi) is 4.31. The molecule has 1 aromatic carbocycles. The molecule has 1 amide bonds. The zero-order valence-corrected chi connectivity index (χ0v) is 9.53. The third-order valence-electron chi connectivity index (χ3n) is 2.38.